The second kappa shape index (κ2) is 6.36. The number of nitrogens with zero attached hydrogens (tertiary/aromatic N) is 1. The van der Waals surface area contributed by atoms with Gasteiger partial charge in [0, 0.05) is 5.56 Å². The third-order valence-corrected chi connectivity index (χ3v) is 2.26. The molecular weight excluding hydrogens is 236 g/mol. The lowest BCUT2D eigenvalue weighted by Crippen LogP contribution is -2.32. The van der Waals surface area contributed by atoms with Gasteiger partial charge in [0.1, 0.15) is 6.04 Å². The Balaban J connectivity index is 2.74. The number of nitrogens with two attached hydrogens (primary N) is 2. The molecule has 7 nitrogen and oxygen atoms in total. The Morgan fingerprint density at radius 2 is 2.06 bits per heavy atom. The molecule has 0 heterocycles. The Kier molecular flexibility index (Phi) is 4.82. The average Bonchev–Trinajstić information content (AvgIpc) is 2.36. The molecule has 0 saturated carbocycles. The van der Waals surface area contributed by atoms with E-state index in [1.807, 2.05) is 0 Å². The number of aliphatic carboxylic acids is 1. The summed E-state index contributed by atoms with van der Waals surface area (Å²) < 4.78 is 0. The van der Waals surface area contributed by atoms with Crippen LogP contribution in [0.25, 0.3) is 0 Å². The fraction of sp³-hybridized carbons (Fsp3) is 0.182. The monoisotopic (exact) mass is 250 g/mol. The summed E-state index contributed by atoms with van der Waals surface area (Å²) in [4.78, 5) is 20.6. The summed E-state index contributed by atoms with van der Waals surface area (Å²) in [5.41, 5.74) is 14.5. The number of hydrogen-bond donors (Lipinski definition) is 4. The summed E-state index contributed by atoms with van der Waals surface area (Å²) in [6.07, 6.45) is 0.645. The molecule has 1 atom stereocenters. The minimum atomic E-state index is -1.05. The van der Waals surface area contributed by atoms with Crippen molar-refractivity contribution >= 4 is 18.2 Å². The minimum absolute atomic E-state index is 0.163. The van der Waals surface area contributed by atoms with Crippen LogP contribution in [0.3, 0.4) is 0 Å². The van der Waals surface area contributed by atoms with Crippen LogP contribution in [-0.2, 0) is 16.0 Å². The molecule has 1 rings (SSSR count). The van der Waals surface area contributed by atoms with Crippen LogP contribution in [0.2, 0.25) is 0 Å². The molecule has 0 bridgehead atoms. The van der Waals surface area contributed by atoms with Gasteiger partial charge in [0.05, 0.1) is 0 Å². The molecule has 0 fully saturated rings. The molecule has 1 aromatic rings. The van der Waals surface area contributed by atoms with Crippen molar-refractivity contribution in [3.63, 3.8) is 0 Å². The predicted molar refractivity (Wildman–Crippen MR) is 65.7 cm³/mol. The zero-order chi connectivity index (χ0) is 13.5. The number of amidine groups is 1. The second-order valence-electron chi connectivity index (χ2n) is 3.59. The summed E-state index contributed by atoms with van der Waals surface area (Å²) in [5.74, 6) is -0.883. The van der Waals surface area contributed by atoms with Gasteiger partial charge in [-0.1, -0.05) is 24.3 Å². The first-order chi connectivity index (χ1) is 8.54. The van der Waals surface area contributed by atoms with Gasteiger partial charge in [-0.2, -0.15) is 5.10 Å². The van der Waals surface area contributed by atoms with Crippen LogP contribution < -0.4 is 16.9 Å². The molecule has 0 radical (unpaired) electrons. The van der Waals surface area contributed by atoms with Gasteiger partial charge >= 0.3 is 5.97 Å². The standard InChI is InChI=1S/C11H14N4O3/c12-9(11(17)18)5-7-1-3-8(4-2-7)10(13)15-14-6-16/h1-4,6,9H,5,12H2,(H2,13,15)(H,14,16)(H,17,18)/t9-/m0/s1. The fourth-order valence-electron chi connectivity index (χ4n) is 1.31. The van der Waals surface area contributed by atoms with Crippen molar-refractivity contribution in [3.05, 3.63) is 35.4 Å². The summed E-state index contributed by atoms with van der Waals surface area (Å²) >= 11 is 0. The van der Waals surface area contributed by atoms with Gasteiger partial charge in [-0.3, -0.25) is 9.59 Å². The normalized spacial score (nSPS) is 12.8. The Bertz CT molecular complexity index is 456. The summed E-state index contributed by atoms with van der Waals surface area (Å²) in [6, 6.07) is 5.84. The first-order valence-electron chi connectivity index (χ1n) is 5.14. The molecule has 1 amide bonds. The molecule has 0 aromatic heterocycles. The van der Waals surface area contributed by atoms with Crippen molar-refractivity contribution in [2.24, 2.45) is 16.6 Å². The van der Waals surface area contributed by atoms with E-state index in [9.17, 15) is 9.59 Å². The van der Waals surface area contributed by atoms with Gasteiger partial charge in [0.15, 0.2) is 5.84 Å². The van der Waals surface area contributed by atoms with Crippen LogP contribution in [0, 0.1) is 0 Å². The number of carbonyl (C=O) groups excluding carboxylic acids is 1. The van der Waals surface area contributed by atoms with Crippen molar-refractivity contribution in [3.8, 4) is 0 Å². The van der Waals surface area contributed by atoms with Crippen molar-refractivity contribution in [2.75, 3.05) is 0 Å². The Morgan fingerprint density at radius 1 is 1.44 bits per heavy atom. The molecule has 0 spiro atoms. The van der Waals surface area contributed by atoms with Crippen LogP contribution in [-0.4, -0.2) is 29.4 Å². The smallest absolute Gasteiger partial charge is 0.320 e. The van der Waals surface area contributed by atoms with E-state index in [0.717, 1.165) is 5.56 Å². The van der Waals surface area contributed by atoms with Crippen molar-refractivity contribution in [1.29, 1.82) is 0 Å². The van der Waals surface area contributed by atoms with E-state index < -0.39 is 12.0 Å². The summed E-state index contributed by atoms with van der Waals surface area (Å²) in [6.45, 7) is 0. The molecule has 7 heteroatoms. The summed E-state index contributed by atoms with van der Waals surface area (Å²) in [5, 5.41) is 12.3. The quantitative estimate of drug-likeness (QED) is 0.223. The van der Waals surface area contributed by atoms with Gasteiger partial charge in [0.2, 0.25) is 6.41 Å². The van der Waals surface area contributed by atoms with E-state index in [4.69, 9.17) is 16.6 Å². The maximum Gasteiger partial charge on any atom is 0.320 e. The highest BCUT2D eigenvalue weighted by Gasteiger charge is 2.11. The van der Waals surface area contributed by atoms with Gasteiger partial charge in [-0.05, 0) is 12.0 Å². The SMILES string of the molecule is N/C(=N\NC=O)c1ccc(C[C@H](N)C(=O)O)cc1. The number of nitrogens with one attached hydrogen (secondary N) is 1. The number of hydrogen-bond acceptors (Lipinski definition) is 4. The topological polar surface area (TPSA) is 131 Å². The van der Waals surface area contributed by atoms with Crippen LogP contribution in [0.1, 0.15) is 11.1 Å². The summed E-state index contributed by atoms with van der Waals surface area (Å²) in [7, 11) is 0. The third-order valence-electron chi connectivity index (χ3n) is 2.26. The van der Waals surface area contributed by atoms with Crippen LogP contribution >= 0.6 is 0 Å². The number of amides is 1. The maximum absolute atomic E-state index is 10.6. The second-order valence-corrected chi connectivity index (χ2v) is 3.59. The lowest BCUT2D eigenvalue weighted by atomic mass is 10.0. The third kappa shape index (κ3) is 3.87. The van der Waals surface area contributed by atoms with E-state index in [-0.39, 0.29) is 12.3 Å². The van der Waals surface area contributed by atoms with E-state index in [0.29, 0.717) is 12.0 Å². The molecule has 0 aliphatic heterocycles. The number of carboxylic acid groups (broad SMARTS) is 1. The largest absolute Gasteiger partial charge is 0.480 e. The van der Waals surface area contributed by atoms with Gasteiger partial charge < -0.3 is 16.6 Å². The van der Waals surface area contributed by atoms with Crippen molar-refractivity contribution in [2.45, 2.75) is 12.5 Å². The Labute approximate surface area is 103 Å². The fourth-order valence-corrected chi connectivity index (χ4v) is 1.31. The van der Waals surface area contributed by atoms with E-state index >= 15 is 0 Å². The first-order valence-corrected chi connectivity index (χ1v) is 5.14. The molecule has 0 unspecified atom stereocenters. The number of rotatable bonds is 6. The molecule has 1 aromatic carbocycles. The van der Waals surface area contributed by atoms with Gasteiger partial charge in [-0.25, -0.2) is 5.43 Å². The molecule has 96 valence electrons. The molecule has 6 N–H and O–H groups in total. The van der Waals surface area contributed by atoms with Crippen LogP contribution in [0.4, 0.5) is 0 Å². The molecule has 18 heavy (non-hydrogen) atoms. The van der Waals surface area contributed by atoms with Crippen molar-refractivity contribution < 1.29 is 14.7 Å². The van der Waals surface area contributed by atoms with Gasteiger partial charge in [0.25, 0.3) is 0 Å². The lowest BCUT2D eigenvalue weighted by molar-refractivity contribution is -0.138. The Hall–Kier alpha value is -2.41. The van der Waals surface area contributed by atoms with Crippen LogP contribution in [0.5, 0.6) is 0 Å². The maximum atomic E-state index is 10.6. The number of carboxylic acids is 1. The minimum Gasteiger partial charge on any atom is -0.480 e. The van der Waals surface area contributed by atoms with E-state index in [2.05, 4.69) is 10.5 Å². The molecule has 0 saturated heterocycles. The van der Waals surface area contributed by atoms with Crippen LogP contribution in [0.15, 0.2) is 29.4 Å². The molecular formula is C11H14N4O3. The molecule has 0 aliphatic carbocycles. The van der Waals surface area contributed by atoms with Crippen molar-refractivity contribution in [1.82, 2.24) is 5.43 Å². The zero-order valence-electron chi connectivity index (χ0n) is 9.54. The first kappa shape index (κ1) is 13.7. The molecule has 0 aliphatic rings. The van der Waals surface area contributed by atoms with Gasteiger partial charge in [-0.15, -0.1) is 0 Å². The number of benzene rings is 1. The number of carbonyl (C=O) groups is 2. The Morgan fingerprint density at radius 3 is 2.56 bits per heavy atom. The predicted octanol–water partition coefficient (Wildman–Crippen LogP) is -0.993. The number of hydrazone groups is 1. The van der Waals surface area contributed by atoms with E-state index in [1.54, 1.807) is 24.3 Å². The highest BCUT2D eigenvalue weighted by molar-refractivity contribution is 5.97. The lowest BCUT2D eigenvalue weighted by Gasteiger charge is -2.07. The zero-order valence-corrected chi connectivity index (χ0v) is 9.54. The average molecular weight is 250 g/mol. The van der Waals surface area contributed by atoms with E-state index in [1.165, 1.54) is 0 Å². The highest BCUT2D eigenvalue weighted by Crippen LogP contribution is 2.06. The highest BCUT2D eigenvalue weighted by atomic mass is 16.4.